The van der Waals surface area contributed by atoms with Crippen LogP contribution in [0.2, 0.25) is 5.15 Å². The first-order valence-electron chi connectivity index (χ1n) is 7.60. The Morgan fingerprint density at radius 1 is 1.04 bits per heavy atom. The quantitative estimate of drug-likeness (QED) is 0.539. The van der Waals surface area contributed by atoms with E-state index < -0.39 is 5.91 Å². The molecule has 1 aromatic heterocycles. The van der Waals surface area contributed by atoms with Gasteiger partial charge in [-0.05, 0) is 13.0 Å². The minimum absolute atomic E-state index is 0.163. The lowest BCUT2D eigenvalue weighted by Crippen LogP contribution is -2.16. The zero-order chi connectivity index (χ0) is 17.8. The van der Waals surface area contributed by atoms with Gasteiger partial charge in [-0.25, -0.2) is 9.97 Å². The van der Waals surface area contributed by atoms with Crippen molar-refractivity contribution in [3.8, 4) is 11.4 Å². The number of hydrogen-bond donors (Lipinski definition) is 2. The molecule has 6 heteroatoms. The van der Waals surface area contributed by atoms with Crippen molar-refractivity contribution < 1.29 is 4.79 Å². The summed E-state index contributed by atoms with van der Waals surface area (Å²) in [5, 5.41) is 10.8. The fourth-order valence-electron chi connectivity index (χ4n) is 2.36. The predicted molar refractivity (Wildman–Crippen MR) is 99.4 cm³/mol. The van der Waals surface area contributed by atoms with Gasteiger partial charge in [0.15, 0.2) is 5.82 Å². The third-order valence-electron chi connectivity index (χ3n) is 3.54. The summed E-state index contributed by atoms with van der Waals surface area (Å²) < 4.78 is 0. The lowest BCUT2D eigenvalue weighted by Gasteiger charge is -2.10. The standard InChI is InChI=1S/C19H15ClN4O/c1-12(21)14-9-5-6-10-15(14)23-19(25)16-11-17(20)24-18(22-16)13-7-3-2-4-8-13/h2-11,21H,1H3,(H,23,25). The van der Waals surface area contributed by atoms with E-state index in [2.05, 4.69) is 15.3 Å². The van der Waals surface area contributed by atoms with Crippen molar-refractivity contribution in [1.29, 1.82) is 5.41 Å². The number of aromatic nitrogens is 2. The van der Waals surface area contributed by atoms with Crippen molar-refractivity contribution in [1.82, 2.24) is 9.97 Å². The van der Waals surface area contributed by atoms with Gasteiger partial charge in [0.2, 0.25) is 0 Å². The van der Waals surface area contributed by atoms with Gasteiger partial charge in [-0.3, -0.25) is 4.79 Å². The van der Waals surface area contributed by atoms with E-state index in [0.29, 0.717) is 22.8 Å². The number of anilines is 1. The first kappa shape index (κ1) is 16.8. The number of amides is 1. The lowest BCUT2D eigenvalue weighted by molar-refractivity contribution is 0.102. The number of rotatable bonds is 4. The highest BCUT2D eigenvalue weighted by Crippen LogP contribution is 2.20. The third kappa shape index (κ3) is 3.89. The van der Waals surface area contributed by atoms with Crippen molar-refractivity contribution in [2.75, 3.05) is 5.32 Å². The molecular formula is C19H15ClN4O. The number of halogens is 1. The average molecular weight is 351 g/mol. The van der Waals surface area contributed by atoms with Gasteiger partial charge in [0, 0.05) is 22.9 Å². The number of carbonyl (C=O) groups is 1. The lowest BCUT2D eigenvalue weighted by atomic mass is 10.1. The Kier molecular flexibility index (Phi) is 4.86. The van der Waals surface area contributed by atoms with Crippen LogP contribution in [-0.2, 0) is 0 Å². The van der Waals surface area contributed by atoms with Gasteiger partial charge in [-0.15, -0.1) is 0 Å². The highest BCUT2D eigenvalue weighted by atomic mass is 35.5. The molecule has 0 radical (unpaired) electrons. The summed E-state index contributed by atoms with van der Waals surface area (Å²) in [6.45, 7) is 1.67. The van der Waals surface area contributed by atoms with Crippen LogP contribution in [0.25, 0.3) is 11.4 Å². The van der Waals surface area contributed by atoms with E-state index in [1.165, 1.54) is 6.07 Å². The van der Waals surface area contributed by atoms with Gasteiger partial charge in [0.25, 0.3) is 5.91 Å². The van der Waals surface area contributed by atoms with Crippen molar-refractivity contribution in [2.24, 2.45) is 0 Å². The van der Waals surface area contributed by atoms with E-state index in [-0.39, 0.29) is 10.8 Å². The molecule has 0 spiro atoms. The molecule has 0 aliphatic heterocycles. The minimum Gasteiger partial charge on any atom is -0.320 e. The van der Waals surface area contributed by atoms with Crippen LogP contribution in [0.15, 0.2) is 60.7 Å². The van der Waals surface area contributed by atoms with Crippen LogP contribution >= 0.6 is 11.6 Å². The number of nitrogens with zero attached hydrogens (tertiary/aromatic N) is 2. The maximum absolute atomic E-state index is 12.6. The molecule has 3 aromatic rings. The summed E-state index contributed by atoms with van der Waals surface area (Å²) in [6.07, 6.45) is 0. The Morgan fingerprint density at radius 2 is 1.72 bits per heavy atom. The molecule has 2 aromatic carbocycles. The summed E-state index contributed by atoms with van der Waals surface area (Å²) in [6, 6.07) is 17.9. The molecule has 2 N–H and O–H groups in total. The van der Waals surface area contributed by atoms with Crippen LogP contribution in [0, 0.1) is 5.41 Å². The number of carbonyl (C=O) groups excluding carboxylic acids is 1. The second kappa shape index (κ2) is 7.23. The van der Waals surface area contributed by atoms with Gasteiger partial charge in [0.05, 0.1) is 5.69 Å². The van der Waals surface area contributed by atoms with Crippen LogP contribution in [0.5, 0.6) is 0 Å². The Balaban J connectivity index is 1.93. The summed E-state index contributed by atoms with van der Waals surface area (Å²) in [7, 11) is 0. The molecule has 0 aliphatic carbocycles. The number of benzene rings is 2. The molecule has 0 aliphatic rings. The van der Waals surface area contributed by atoms with E-state index in [1.54, 1.807) is 25.1 Å². The van der Waals surface area contributed by atoms with E-state index in [9.17, 15) is 4.79 Å². The van der Waals surface area contributed by atoms with Gasteiger partial charge in [0.1, 0.15) is 10.8 Å². The maximum Gasteiger partial charge on any atom is 0.274 e. The van der Waals surface area contributed by atoms with Crippen LogP contribution in [-0.4, -0.2) is 21.6 Å². The molecule has 25 heavy (non-hydrogen) atoms. The Hall–Kier alpha value is -3.05. The van der Waals surface area contributed by atoms with E-state index >= 15 is 0 Å². The summed E-state index contributed by atoms with van der Waals surface area (Å²) >= 11 is 6.06. The molecule has 3 rings (SSSR count). The SMILES string of the molecule is CC(=N)c1ccccc1NC(=O)c1cc(Cl)nc(-c2ccccc2)n1. The predicted octanol–water partition coefficient (Wildman–Crippen LogP) is 4.44. The second-order valence-electron chi connectivity index (χ2n) is 5.39. The maximum atomic E-state index is 12.6. The number of para-hydroxylation sites is 1. The molecule has 0 saturated carbocycles. The van der Waals surface area contributed by atoms with Crippen LogP contribution in [0.1, 0.15) is 23.0 Å². The van der Waals surface area contributed by atoms with Crippen LogP contribution < -0.4 is 5.32 Å². The second-order valence-corrected chi connectivity index (χ2v) is 5.78. The molecule has 0 fully saturated rings. The summed E-state index contributed by atoms with van der Waals surface area (Å²) in [5.74, 6) is -0.0232. The number of hydrogen-bond acceptors (Lipinski definition) is 4. The molecule has 1 amide bonds. The first-order chi connectivity index (χ1) is 12.0. The summed E-state index contributed by atoms with van der Waals surface area (Å²) in [5.41, 5.74) is 2.50. The summed E-state index contributed by atoms with van der Waals surface area (Å²) in [4.78, 5) is 21.1. The largest absolute Gasteiger partial charge is 0.320 e. The monoisotopic (exact) mass is 350 g/mol. The third-order valence-corrected chi connectivity index (χ3v) is 3.73. The van der Waals surface area contributed by atoms with Crippen LogP contribution in [0.3, 0.4) is 0 Å². The topological polar surface area (TPSA) is 78.7 Å². The molecule has 124 valence electrons. The van der Waals surface area contributed by atoms with Crippen molar-refractivity contribution in [2.45, 2.75) is 6.92 Å². The first-order valence-corrected chi connectivity index (χ1v) is 7.98. The smallest absolute Gasteiger partial charge is 0.274 e. The Labute approximate surface area is 150 Å². The molecular weight excluding hydrogens is 336 g/mol. The van der Waals surface area contributed by atoms with Crippen LogP contribution in [0.4, 0.5) is 5.69 Å². The van der Waals surface area contributed by atoms with Gasteiger partial charge in [-0.2, -0.15) is 0 Å². The van der Waals surface area contributed by atoms with Gasteiger partial charge >= 0.3 is 0 Å². The molecule has 1 heterocycles. The van der Waals surface area contributed by atoms with Gasteiger partial charge < -0.3 is 10.7 Å². The van der Waals surface area contributed by atoms with Crippen molar-refractivity contribution in [3.63, 3.8) is 0 Å². The zero-order valence-electron chi connectivity index (χ0n) is 13.5. The fourth-order valence-corrected chi connectivity index (χ4v) is 2.54. The average Bonchev–Trinajstić information content (AvgIpc) is 2.62. The normalized spacial score (nSPS) is 10.3. The van der Waals surface area contributed by atoms with E-state index in [0.717, 1.165) is 5.56 Å². The molecule has 0 unspecified atom stereocenters. The molecule has 0 saturated heterocycles. The Morgan fingerprint density at radius 3 is 2.44 bits per heavy atom. The minimum atomic E-state index is -0.407. The highest BCUT2D eigenvalue weighted by molar-refractivity contribution is 6.30. The molecule has 0 atom stereocenters. The number of nitrogens with one attached hydrogen (secondary N) is 2. The van der Waals surface area contributed by atoms with Crippen molar-refractivity contribution in [3.05, 3.63) is 77.1 Å². The highest BCUT2D eigenvalue weighted by Gasteiger charge is 2.14. The van der Waals surface area contributed by atoms with Gasteiger partial charge in [-0.1, -0.05) is 60.1 Å². The van der Waals surface area contributed by atoms with E-state index in [4.69, 9.17) is 17.0 Å². The fraction of sp³-hybridized carbons (Fsp3) is 0.0526. The van der Waals surface area contributed by atoms with Crippen molar-refractivity contribution >= 4 is 28.9 Å². The zero-order valence-corrected chi connectivity index (χ0v) is 14.2. The molecule has 0 bridgehead atoms. The Bertz CT molecular complexity index is 941. The molecule has 5 nitrogen and oxygen atoms in total. The van der Waals surface area contributed by atoms with E-state index in [1.807, 2.05) is 36.4 Å².